The summed E-state index contributed by atoms with van der Waals surface area (Å²) in [6, 6.07) is 2.28. The Bertz CT molecular complexity index is 988. The molecule has 0 saturated heterocycles. The van der Waals surface area contributed by atoms with Gasteiger partial charge in [0.15, 0.2) is 17.3 Å². The maximum atomic E-state index is 14.2. The van der Waals surface area contributed by atoms with Gasteiger partial charge in [0.05, 0.1) is 16.4 Å². The van der Waals surface area contributed by atoms with Gasteiger partial charge in [0.25, 0.3) is 5.91 Å². The maximum Gasteiger partial charge on any atom is 0.435 e. The number of carbonyl (C=O) groups is 1. The van der Waals surface area contributed by atoms with Crippen molar-refractivity contribution >= 4 is 41.2 Å². The van der Waals surface area contributed by atoms with Gasteiger partial charge in [-0.25, -0.2) is 13.8 Å². The lowest BCUT2D eigenvalue weighted by Crippen LogP contribution is -2.19. The molecule has 2 rings (SSSR count). The molecule has 11 heteroatoms. The Hall–Kier alpha value is -3.01. The molecule has 5 nitrogen and oxygen atoms in total. The van der Waals surface area contributed by atoms with Crippen molar-refractivity contribution in [3.63, 3.8) is 0 Å². The van der Waals surface area contributed by atoms with Gasteiger partial charge in [0, 0.05) is 23.5 Å². The topological polar surface area (TPSA) is 91.9 Å². The number of nitrogens with two attached hydrogens (primary N) is 1. The number of rotatable bonds is 4. The fourth-order valence-corrected chi connectivity index (χ4v) is 2.33. The van der Waals surface area contributed by atoms with Gasteiger partial charge < -0.3 is 16.5 Å². The van der Waals surface area contributed by atoms with Crippen LogP contribution in [0.25, 0.3) is 6.08 Å². The zero-order chi connectivity index (χ0) is 21.2. The highest BCUT2D eigenvalue weighted by Gasteiger charge is 2.37. The van der Waals surface area contributed by atoms with Crippen LogP contribution in [-0.2, 0) is 11.0 Å². The van der Waals surface area contributed by atoms with Crippen molar-refractivity contribution in [2.24, 2.45) is 0 Å². The second kappa shape index (κ2) is 7.93. The summed E-state index contributed by atoms with van der Waals surface area (Å²) >= 11 is 5.72. The predicted molar refractivity (Wildman–Crippen MR) is 95.4 cm³/mol. The molecule has 0 aliphatic heterocycles. The number of anilines is 2. The Balaban J connectivity index is 2.41. The van der Waals surface area contributed by atoms with Crippen molar-refractivity contribution in [3.8, 4) is 0 Å². The minimum absolute atomic E-state index is 0.0370. The molecule has 4 N–H and O–H groups in total. The van der Waals surface area contributed by atoms with Gasteiger partial charge in [-0.15, -0.1) is 0 Å². The molecule has 0 aliphatic carbocycles. The van der Waals surface area contributed by atoms with Gasteiger partial charge in [0.1, 0.15) is 0 Å². The number of pyridine rings is 1. The van der Waals surface area contributed by atoms with E-state index in [9.17, 15) is 26.7 Å². The van der Waals surface area contributed by atoms with Crippen LogP contribution in [0, 0.1) is 18.2 Å². The van der Waals surface area contributed by atoms with Crippen molar-refractivity contribution < 1.29 is 26.7 Å². The monoisotopic (exact) mass is 418 g/mol. The average Bonchev–Trinajstić information content (AvgIpc) is 2.62. The van der Waals surface area contributed by atoms with E-state index >= 15 is 0 Å². The van der Waals surface area contributed by atoms with Gasteiger partial charge in [-0.05, 0) is 18.6 Å². The van der Waals surface area contributed by atoms with Crippen LogP contribution in [0.5, 0.6) is 0 Å². The second-order valence-electron chi connectivity index (χ2n) is 5.51. The van der Waals surface area contributed by atoms with Crippen LogP contribution in [0.4, 0.5) is 33.3 Å². The Labute approximate surface area is 160 Å². The van der Waals surface area contributed by atoms with Crippen LogP contribution in [0.3, 0.4) is 0 Å². The first-order chi connectivity index (χ1) is 13.0. The molecule has 0 fully saturated rings. The first kappa shape index (κ1) is 21.3. The summed E-state index contributed by atoms with van der Waals surface area (Å²) in [5, 5.41) is 8.65. The van der Waals surface area contributed by atoms with Gasteiger partial charge in [-0.2, -0.15) is 13.2 Å². The third-order valence-corrected chi connectivity index (χ3v) is 4.06. The van der Waals surface area contributed by atoms with E-state index < -0.39 is 46.4 Å². The smallest absolute Gasteiger partial charge is 0.396 e. The molecule has 1 aromatic carbocycles. The third kappa shape index (κ3) is 4.28. The van der Waals surface area contributed by atoms with E-state index in [1.165, 1.54) is 13.0 Å². The average molecular weight is 419 g/mol. The van der Waals surface area contributed by atoms with E-state index in [-0.39, 0.29) is 16.1 Å². The summed E-state index contributed by atoms with van der Waals surface area (Å²) in [7, 11) is 0. The molecule has 2 aromatic rings. The lowest BCUT2D eigenvalue weighted by atomic mass is 10.1. The van der Waals surface area contributed by atoms with Crippen molar-refractivity contribution in [1.82, 2.24) is 4.98 Å². The van der Waals surface area contributed by atoms with Crippen LogP contribution in [0.2, 0.25) is 5.02 Å². The van der Waals surface area contributed by atoms with Crippen molar-refractivity contribution in [2.45, 2.75) is 13.1 Å². The van der Waals surface area contributed by atoms with Crippen molar-refractivity contribution in [3.05, 3.63) is 57.4 Å². The Kier molecular flexibility index (Phi) is 6.03. The largest absolute Gasteiger partial charge is 0.435 e. The van der Waals surface area contributed by atoms with Crippen LogP contribution in [0.15, 0.2) is 24.2 Å². The quantitative estimate of drug-likeness (QED) is 0.290. The van der Waals surface area contributed by atoms with Crippen LogP contribution in [-0.4, -0.2) is 17.1 Å². The van der Waals surface area contributed by atoms with E-state index in [0.29, 0.717) is 6.08 Å². The van der Waals surface area contributed by atoms with E-state index in [4.69, 9.17) is 22.7 Å². The van der Waals surface area contributed by atoms with Crippen molar-refractivity contribution in [2.75, 3.05) is 11.1 Å². The van der Waals surface area contributed by atoms with Gasteiger partial charge in [-0.3, -0.25) is 4.79 Å². The number of nitrogens with one attached hydrogen (secondary N) is 2. The van der Waals surface area contributed by atoms with E-state index in [1.54, 1.807) is 5.32 Å². The zero-order valence-corrected chi connectivity index (χ0v) is 14.8. The fourth-order valence-electron chi connectivity index (χ4n) is 2.18. The molecule has 28 heavy (non-hydrogen) atoms. The number of benzene rings is 1. The number of aromatic nitrogens is 1. The third-order valence-electron chi connectivity index (χ3n) is 3.68. The molecular formula is C17H12ClF5N4O. The maximum absolute atomic E-state index is 14.2. The Morgan fingerprint density at radius 2 is 1.93 bits per heavy atom. The van der Waals surface area contributed by atoms with Crippen LogP contribution >= 0.6 is 11.6 Å². The molecule has 0 bridgehead atoms. The minimum Gasteiger partial charge on any atom is -0.396 e. The van der Waals surface area contributed by atoms with Gasteiger partial charge in [0.2, 0.25) is 0 Å². The molecule has 0 atom stereocenters. The minimum atomic E-state index is -4.93. The standard InChI is InChI=1S/C17H12ClF5N4O/c1-7-10(18)6-26-15(17(21,22)23)14(7)27-16(28)11(19)4-8-2-3-9(5-24)13(25)12(8)20/h2-6,24H,25H2,1H3,(H,27,28)/b11-4-,24-5?. The summed E-state index contributed by atoms with van der Waals surface area (Å²) in [6.45, 7) is 1.19. The SMILES string of the molecule is Cc1c(Cl)cnc(C(F)(F)F)c1NC(=O)/C(F)=C/c1ccc(C=N)c(N)c1F. The Morgan fingerprint density at radius 3 is 2.50 bits per heavy atom. The lowest BCUT2D eigenvalue weighted by molar-refractivity contribution is -0.140. The molecule has 1 aromatic heterocycles. The summed E-state index contributed by atoms with van der Waals surface area (Å²) < 4.78 is 67.5. The highest BCUT2D eigenvalue weighted by molar-refractivity contribution is 6.31. The predicted octanol–water partition coefficient (Wildman–Crippen LogP) is 4.73. The first-order valence-electron chi connectivity index (χ1n) is 7.46. The highest BCUT2D eigenvalue weighted by Crippen LogP contribution is 2.37. The summed E-state index contributed by atoms with van der Waals surface area (Å²) in [5.74, 6) is -4.22. The molecule has 0 radical (unpaired) electrons. The highest BCUT2D eigenvalue weighted by atomic mass is 35.5. The summed E-state index contributed by atoms with van der Waals surface area (Å²) in [4.78, 5) is 15.1. The number of amides is 1. The normalized spacial score (nSPS) is 12.0. The summed E-state index contributed by atoms with van der Waals surface area (Å²) in [5.41, 5.74) is 2.18. The molecule has 0 aliphatic rings. The molecule has 0 saturated carbocycles. The van der Waals surface area contributed by atoms with Crippen LogP contribution < -0.4 is 11.1 Å². The number of hydrogen-bond acceptors (Lipinski definition) is 4. The number of alkyl halides is 3. The molecule has 1 amide bonds. The lowest BCUT2D eigenvalue weighted by Gasteiger charge is -2.15. The number of nitrogen functional groups attached to an aromatic ring is 1. The van der Waals surface area contributed by atoms with Crippen molar-refractivity contribution in [1.29, 1.82) is 5.41 Å². The number of nitrogens with zero attached hydrogens (tertiary/aromatic N) is 1. The molecular weight excluding hydrogens is 407 g/mol. The Morgan fingerprint density at radius 1 is 1.32 bits per heavy atom. The van der Waals surface area contributed by atoms with Gasteiger partial charge in [-0.1, -0.05) is 23.7 Å². The molecule has 0 spiro atoms. The number of hydrogen-bond donors (Lipinski definition) is 3. The molecule has 1 heterocycles. The van der Waals surface area contributed by atoms with Gasteiger partial charge >= 0.3 is 6.18 Å². The van der Waals surface area contributed by atoms with Crippen LogP contribution in [0.1, 0.15) is 22.4 Å². The first-order valence-corrected chi connectivity index (χ1v) is 7.84. The molecule has 148 valence electrons. The van der Waals surface area contributed by atoms with E-state index in [1.807, 2.05) is 0 Å². The number of halogens is 6. The zero-order valence-electron chi connectivity index (χ0n) is 14.1. The molecule has 0 unspecified atom stereocenters. The fraction of sp³-hybridized carbons (Fsp3) is 0.118. The summed E-state index contributed by atoms with van der Waals surface area (Å²) in [6.07, 6.45) is -2.93. The van der Waals surface area contributed by atoms with E-state index in [0.717, 1.165) is 18.5 Å². The van der Waals surface area contributed by atoms with E-state index in [2.05, 4.69) is 4.98 Å². The number of carbonyl (C=O) groups excluding carboxylic acids is 1. The second-order valence-corrected chi connectivity index (χ2v) is 5.92.